The van der Waals surface area contributed by atoms with Crippen molar-refractivity contribution in [2.45, 2.75) is 0 Å². The zero-order valence-electron chi connectivity index (χ0n) is 16.9. The minimum Gasteiger partial charge on any atom is -0.449 e. The molecular weight excluding hydrogens is 487 g/mol. The van der Waals surface area contributed by atoms with E-state index in [1.807, 2.05) is 0 Å². The lowest BCUT2D eigenvalue weighted by atomic mass is 10.1. The number of benzene rings is 3. The Hall–Kier alpha value is -4.46. The van der Waals surface area contributed by atoms with Crippen LogP contribution in [-0.2, 0) is 4.79 Å². The topological polar surface area (TPSA) is 148 Å². The number of rotatable bonds is 7. The molecule has 0 aliphatic carbocycles. The van der Waals surface area contributed by atoms with E-state index in [1.165, 1.54) is 30.3 Å². The van der Waals surface area contributed by atoms with Gasteiger partial charge in [-0.15, -0.1) is 0 Å². The van der Waals surface area contributed by atoms with Crippen LogP contribution >= 0.6 is 23.2 Å². The van der Waals surface area contributed by atoms with Gasteiger partial charge in [-0.05, 0) is 48.5 Å². The van der Waals surface area contributed by atoms with Crippen LogP contribution in [0.5, 0.6) is 11.5 Å². The molecule has 0 atom stereocenters. The molecule has 0 fully saturated rings. The first-order chi connectivity index (χ1) is 16.2. The van der Waals surface area contributed by atoms with Crippen molar-refractivity contribution in [3.63, 3.8) is 0 Å². The van der Waals surface area contributed by atoms with Gasteiger partial charge in [-0.2, -0.15) is 5.26 Å². The summed E-state index contributed by atoms with van der Waals surface area (Å²) in [5, 5.41) is 35.0. The number of non-ortho nitro benzene ring substituents is 1. The second-order valence-corrected chi connectivity index (χ2v) is 7.46. The van der Waals surface area contributed by atoms with Gasteiger partial charge in [0.2, 0.25) is 5.75 Å². The number of ether oxygens (including phenoxy) is 1. The number of nitro groups is 2. The number of carbonyl (C=O) groups is 1. The molecular formula is C22H12Cl2N4O6. The predicted octanol–water partition coefficient (Wildman–Crippen LogP) is 6.15. The van der Waals surface area contributed by atoms with Gasteiger partial charge in [0, 0.05) is 27.4 Å². The van der Waals surface area contributed by atoms with Gasteiger partial charge in [-0.3, -0.25) is 25.0 Å². The van der Waals surface area contributed by atoms with Gasteiger partial charge in [0.05, 0.1) is 15.9 Å². The fraction of sp³-hybridized carbons (Fsp3) is 0. The van der Waals surface area contributed by atoms with Crippen LogP contribution in [0.15, 0.2) is 66.2 Å². The van der Waals surface area contributed by atoms with Crippen LogP contribution < -0.4 is 10.1 Å². The van der Waals surface area contributed by atoms with Gasteiger partial charge in [-0.1, -0.05) is 29.3 Å². The highest BCUT2D eigenvalue weighted by atomic mass is 35.5. The molecule has 0 aliphatic heterocycles. The number of carbonyl (C=O) groups excluding carboxylic acids is 1. The van der Waals surface area contributed by atoms with E-state index in [1.54, 1.807) is 24.3 Å². The molecule has 12 heteroatoms. The first kappa shape index (κ1) is 24.2. The molecule has 3 aromatic rings. The molecule has 1 amide bonds. The number of amides is 1. The maximum Gasteiger partial charge on any atom is 0.318 e. The highest BCUT2D eigenvalue weighted by Crippen LogP contribution is 2.37. The Morgan fingerprint density at radius 3 is 2.32 bits per heavy atom. The van der Waals surface area contributed by atoms with Crippen LogP contribution in [0.3, 0.4) is 0 Å². The minimum atomic E-state index is -0.826. The highest BCUT2D eigenvalue weighted by Gasteiger charge is 2.22. The van der Waals surface area contributed by atoms with E-state index in [4.69, 9.17) is 27.9 Å². The van der Waals surface area contributed by atoms with Crippen molar-refractivity contribution < 1.29 is 19.4 Å². The molecule has 34 heavy (non-hydrogen) atoms. The standard InChI is InChI=1S/C22H12Cl2N4O6/c23-15-2-1-3-17(10-15)26-22(29)14(12-25)8-13-9-16(24)4-6-20(13)34-21-7-5-18(27(30)31)11-19(21)28(32)33/h1-11H,(H,26,29)/b14-8+. The first-order valence-electron chi connectivity index (χ1n) is 9.27. The van der Waals surface area contributed by atoms with Crippen LogP contribution in [0, 0.1) is 31.6 Å². The molecule has 10 nitrogen and oxygen atoms in total. The summed E-state index contributed by atoms with van der Waals surface area (Å²) in [6.45, 7) is 0. The van der Waals surface area contributed by atoms with Crippen LogP contribution in [-0.4, -0.2) is 15.8 Å². The number of anilines is 1. The Morgan fingerprint density at radius 1 is 0.971 bits per heavy atom. The van der Waals surface area contributed by atoms with Crippen molar-refractivity contribution in [2.75, 3.05) is 5.32 Å². The van der Waals surface area contributed by atoms with Gasteiger partial charge in [0.25, 0.3) is 11.6 Å². The van der Waals surface area contributed by atoms with Crippen molar-refractivity contribution in [3.05, 3.63) is 102 Å². The second-order valence-electron chi connectivity index (χ2n) is 6.58. The third-order valence-corrected chi connectivity index (χ3v) is 4.76. The predicted molar refractivity (Wildman–Crippen MR) is 125 cm³/mol. The smallest absolute Gasteiger partial charge is 0.318 e. The minimum absolute atomic E-state index is 0.0182. The highest BCUT2D eigenvalue weighted by molar-refractivity contribution is 6.31. The Labute approximate surface area is 201 Å². The third-order valence-electron chi connectivity index (χ3n) is 4.29. The van der Waals surface area contributed by atoms with Crippen molar-refractivity contribution in [2.24, 2.45) is 0 Å². The Bertz CT molecular complexity index is 1380. The molecule has 0 saturated heterocycles. The summed E-state index contributed by atoms with van der Waals surface area (Å²) in [6, 6.07) is 15.2. The maximum absolute atomic E-state index is 12.6. The molecule has 0 bridgehead atoms. The number of halogens is 2. The van der Waals surface area contributed by atoms with Crippen LogP contribution in [0.4, 0.5) is 17.1 Å². The second kappa shape index (κ2) is 10.4. The summed E-state index contributed by atoms with van der Waals surface area (Å²) in [7, 11) is 0. The number of hydrogen-bond acceptors (Lipinski definition) is 7. The fourth-order valence-corrected chi connectivity index (χ4v) is 3.13. The first-order valence-corrected chi connectivity index (χ1v) is 10.0. The molecule has 170 valence electrons. The molecule has 0 spiro atoms. The zero-order valence-corrected chi connectivity index (χ0v) is 18.4. The Kier molecular flexibility index (Phi) is 7.43. The molecule has 0 aliphatic rings. The number of nitriles is 1. The zero-order chi connectivity index (χ0) is 24.8. The van der Waals surface area contributed by atoms with Crippen molar-refractivity contribution >= 4 is 52.2 Å². The number of hydrogen-bond donors (Lipinski definition) is 1. The molecule has 0 aromatic heterocycles. The van der Waals surface area contributed by atoms with Gasteiger partial charge in [0.1, 0.15) is 17.4 Å². The van der Waals surface area contributed by atoms with E-state index < -0.39 is 27.1 Å². The molecule has 1 N–H and O–H groups in total. The third kappa shape index (κ3) is 5.86. The van der Waals surface area contributed by atoms with E-state index in [0.29, 0.717) is 10.7 Å². The summed E-state index contributed by atoms with van der Waals surface area (Å²) in [4.78, 5) is 33.3. The fourth-order valence-electron chi connectivity index (χ4n) is 2.76. The van der Waals surface area contributed by atoms with E-state index in [0.717, 1.165) is 18.2 Å². The summed E-state index contributed by atoms with van der Waals surface area (Å²) in [5.41, 5.74) is -0.913. The summed E-state index contributed by atoms with van der Waals surface area (Å²) in [5.74, 6) is -1.00. The molecule has 0 radical (unpaired) electrons. The van der Waals surface area contributed by atoms with E-state index >= 15 is 0 Å². The number of nitrogens with one attached hydrogen (secondary N) is 1. The SMILES string of the molecule is N#C/C(=C\c1cc(Cl)ccc1Oc1ccc([N+](=O)[O-])cc1[N+](=O)[O-])C(=O)Nc1cccc(Cl)c1. The van der Waals surface area contributed by atoms with Crippen molar-refractivity contribution in [3.8, 4) is 17.6 Å². The van der Waals surface area contributed by atoms with Crippen molar-refractivity contribution in [1.29, 1.82) is 5.26 Å². The monoisotopic (exact) mass is 498 g/mol. The Balaban J connectivity index is 1.98. The summed E-state index contributed by atoms with van der Waals surface area (Å²) in [6.07, 6.45) is 1.19. The molecule has 3 aromatic carbocycles. The van der Waals surface area contributed by atoms with Gasteiger partial charge < -0.3 is 10.1 Å². The van der Waals surface area contributed by atoms with Crippen molar-refractivity contribution in [1.82, 2.24) is 0 Å². The van der Waals surface area contributed by atoms with E-state index in [9.17, 15) is 30.3 Å². The molecule has 3 rings (SSSR count). The molecule has 0 unspecified atom stereocenters. The number of nitrogens with zero attached hydrogens (tertiary/aromatic N) is 3. The van der Waals surface area contributed by atoms with Gasteiger partial charge in [-0.25, -0.2) is 0 Å². The number of nitro benzene ring substituents is 2. The maximum atomic E-state index is 12.6. The van der Waals surface area contributed by atoms with E-state index in [2.05, 4.69) is 5.32 Å². The van der Waals surface area contributed by atoms with E-state index in [-0.39, 0.29) is 27.7 Å². The largest absolute Gasteiger partial charge is 0.449 e. The van der Waals surface area contributed by atoms with Crippen LogP contribution in [0.25, 0.3) is 6.08 Å². The normalized spacial score (nSPS) is 10.8. The molecule has 0 saturated carbocycles. The average molecular weight is 499 g/mol. The lowest BCUT2D eigenvalue weighted by Gasteiger charge is -2.10. The summed E-state index contributed by atoms with van der Waals surface area (Å²) >= 11 is 11.9. The summed E-state index contributed by atoms with van der Waals surface area (Å²) < 4.78 is 5.62. The molecule has 0 heterocycles. The average Bonchev–Trinajstić information content (AvgIpc) is 2.78. The lowest BCUT2D eigenvalue weighted by molar-refractivity contribution is -0.394. The van der Waals surface area contributed by atoms with Gasteiger partial charge in [0.15, 0.2) is 0 Å². The lowest BCUT2D eigenvalue weighted by Crippen LogP contribution is -2.13. The van der Waals surface area contributed by atoms with Crippen LogP contribution in [0.1, 0.15) is 5.56 Å². The van der Waals surface area contributed by atoms with Gasteiger partial charge >= 0.3 is 5.69 Å². The van der Waals surface area contributed by atoms with Crippen LogP contribution in [0.2, 0.25) is 10.0 Å². The Morgan fingerprint density at radius 2 is 1.68 bits per heavy atom. The quantitative estimate of drug-likeness (QED) is 0.177.